The Morgan fingerprint density at radius 2 is 2.05 bits per heavy atom. The number of furan rings is 1. The predicted octanol–water partition coefficient (Wildman–Crippen LogP) is 3.33. The van der Waals surface area contributed by atoms with Crippen LogP contribution in [0.1, 0.15) is 42.8 Å². The third-order valence-electron chi connectivity index (χ3n) is 2.69. The van der Waals surface area contributed by atoms with Crippen molar-refractivity contribution in [2.24, 2.45) is 0 Å². The van der Waals surface area contributed by atoms with Crippen LogP contribution in [-0.2, 0) is 10.2 Å². The van der Waals surface area contributed by atoms with Gasteiger partial charge in [0.15, 0.2) is 0 Å². The topological polar surface area (TPSA) is 65.5 Å². The van der Waals surface area contributed by atoms with Gasteiger partial charge < -0.3 is 13.6 Å². The molecule has 0 fully saturated rings. The van der Waals surface area contributed by atoms with Crippen LogP contribution in [0, 0.1) is 6.92 Å². The highest BCUT2D eigenvalue weighted by Crippen LogP contribution is 2.31. The summed E-state index contributed by atoms with van der Waals surface area (Å²) in [6.07, 6.45) is 1.55. The molecule has 0 saturated carbocycles. The van der Waals surface area contributed by atoms with E-state index in [2.05, 4.69) is 4.98 Å². The van der Waals surface area contributed by atoms with Crippen molar-refractivity contribution in [2.75, 3.05) is 7.11 Å². The molecule has 0 aromatic carbocycles. The smallest absolute Gasteiger partial charge is 0.376 e. The van der Waals surface area contributed by atoms with Gasteiger partial charge in [-0.3, -0.25) is 0 Å². The predicted molar refractivity (Wildman–Crippen MR) is 69.0 cm³/mol. The van der Waals surface area contributed by atoms with Crippen LogP contribution in [0.25, 0.3) is 11.5 Å². The minimum absolute atomic E-state index is 0.142. The van der Waals surface area contributed by atoms with Gasteiger partial charge in [0.2, 0.25) is 11.7 Å². The maximum Gasteiger partial charge on any atom is 0.376 e. The van der Waals surface area contributed by atoms with Crippen LogP contribution in [0.4, 0.5) is 0 Å². The minimum Gasteiger partial charge on any atom is -0.469 e. The summed E-state index contributed by atoms with van der Waals surface area (Å²) in [5.41, 5.74) is 0.968. The number of oxazole rings is 1. The number of aromatic nitrogens is 1. The molecule has 0 aliphatic carbocycles. The second-order valence-corrected chi connectivity index (χ2v) is 5.38. The number of aryl methyl sites for hydroxylation is 1. The van der Waals surface area contributed by atoms with Gasteiger partial charge in [0.25, 0.3) is 0 Å². The number of ether oxygens (including phenoxy) is 1. The zero-order valence-corrected chi connectivity index (χ0v) is 11.7. The zero-order chi connectivity index (χ0) is 14.2. The summed E-state index contributed by atoms with van der Waals surface area (Å²) in [6, 6.07) is 1.80. The van der Waals surface area contributed by atoms with E-state index >= 15 is 0 Å². The average molecular weight is 263 g/mol. The first kappa shape index (κ1) is 13.4. The van der Waals surface area contributed by atoms with Crippen LogP contribution < -0.4 is 0 Å². The van der Waals surface area contributed by atoms with E-state index in [4.69, 9.17) is 13.6 Å². The summed E-state index contributed by atoms with van der Waals surface area (Å²) in [6.45, 7) is 7.71. The molecule has 2 rings (SSSR count). The van der Waals surface area contributed by atoms with Crippen molar-refractivity contribution in [1.29, 1.82) is 0 Å². The lowest BCUT2D eigenvalue weighted by Crippen LogP contribution is -2.17. The molecular weight excluding hydrogens is 246 g/mol. The molecule has 0 aliphatic rings. The molecule has 2 aromatic heterocycles. The molecule has 0 atom stereocenters. The molecule has 19 heavy (non-hydrogen) atoms. The average Bonchev–Trinajstić information content (AvgIpc) is 2.92. The van der Waals surface area contributed by atoms with Gasteiger partial charge >= 0.3 is 5.97 Å². The zero-order valence-electron chi connectivity index (χ0n) is 11.7. The molecule has 102 valence electrons. The van der Waals surface area contributed by atoms with E-state index in [0.29, 0.717) is 17.1 Å². The summed E-state index contributed by atoms with van der Waals surface area (Å²) in [4.78, 5) is 16.2. The third kappa shape index (κ3) is 2.54. The molecule has 5 nitrogen and oxygen atoms in total. The van der Waals surface area contributed by atoms with Gasteiger partial charge in [0.05, 0.1) is 12.7 Å². The summed E-state index contributed by atoms with van der Waals surface area (Å²) in [5.74, 6) is 0.736. The number of esters is 1. The fraction of sp³-hybridized carbons (Fsp3) is 0.429. The summed E-state index contributed by atoms with van der Waals surface area (Å²) >= 11 is 0. The van der Waals surface area contributed by atoms with E-state index in [1.165, 1.54) is 7.11 Å². The molecule has 0 unspecified atom stereocenters. The molecule has 0 radical (unpaired) electrons. The number of carbonyl (C=O) groups excluding carboxylic acids is 1. The number of nitrogens with zero attached hydrogens (tertiary/aromatic N) is 1. The Balaban J connectivity index is 2.54. The van der Waals surface area contributed by atoms with Crippen LogP contribution in [0.3, 0.4) is 0 Å². The van der Waals surface area contributed by atoms with E-state index in [1.54, 1.807) is 12.3 Å². The molecule has 0 bridgehead atoms. The fourth-order valence-electron chi connectivity index (χ4n) is 1.74. The number of carbonyl (C=O) groups is 1. The van der Waals surface area contributed by atoms with E-state index in [1.807, 2.05) is 27.7 Å². The number of methoxy groups -OCH3 is 1. The van der Waals surface area contributed by atoms with E-state index in [-0.39, 0.29) is 11.2 Å². The maximum atomic E-state index is 11.8. The van der Waals surface area contributed by atoms with E-state index < -0.39 is 5.97 Å². The summed E-state index contributed by atoms with van der Waals surface area (Å²) in [5, 5.41) is 0. The maximum absolute atomic E-state index is 11.8. The minimum atomic E-state index is -0.524. The fourth-order valence-corrected chi connectivity index (χ4v) is 1.74. The lowest BCUT2D eigenvalue weighted by Gasteiger charge is -2.15. The number of rotatable bonds is 2. The molecular formula is C14H17NO4. The monoisotopic (exact) mass is 263 g/mol. The van der Waals surface area contributed by atoms with Gasteiger partial charge in [-0.05, 0) is 13.0 Å². The molecule has 0 aliphatic heterocycles. The Morgan fingerprint density at radius 1 is 1.37 bits per heavy atom. The normalized spacial score (nSPS) is 11.6. The van der Waals surface area contributed by atoms with Gasteiger partial charge in [0.1, 0.15) is 17.7 Å². The first-order valence-corrected chi connectivity index (χ1v) is 5.98. The lowest BCUT2D eigenvalue weighted by molar-refractivity contribution is 0.0562. The first-order valence-electron chi connectivity index (χ1n) is 5.98. The van der Waals surface area contributed by atoms with Crippen LogP contribution in [0.15, 0.2) is 21.2 Å². The van der Waals surface area contributed by atoms with E-state index in [9.17, 15) is 4.79 Å². The Hall–Kier alpha value is -2.04. The molecule has 0 saturated heterocycles. The van der Waals surface area contributed by atoms with Crippen molar-refractivity contribution in [3.63, 3.8) is 0 Å². The summed E-state index contributed by atoms with van der Waals surface area (Å²) < 4.78 is 15.5. The SMILES string of the molecule is COC(=O)c1oc(-c2coc(C)c2)nc1C(C)(C)C. The third-order valence-corrected chi connectivity index (χ3v) is 2.69. The Labute approximate surface area is 111 Å². The number of hydrogen-bond donors (Lipinski definition) is 0. The van der Waals surface area contributed by atoms with Gasteiger partial charge in [-0.25, -0.2) is 9.78 Å². The van der Waals surface area contributed by atoms with Crippen LogP contribution >= 0.6 is 0 Å². The van der Waals surface area contributed by atoms with Gasteiger partial charge in [-0.1, -0.05) is 20.8 Å². The highest BCUT2D eigenvalue weighted by Gasteiger charge is 2.30. The standard InChI is InChI=1S/C14H17NO4/c1-8-6-9(7-18-8)12-15-11(14(2,3)4)10(19-12)13(16)17-5/h6-7H,1-5H3. The van der Waals surface area contributed by atoms with Crippen molar-refractivity contribution < 1.29 is 18.4 Å². The second kappa shape index (κ2) is 4.57. The summed E-state index contributed by atoms with van der Waals surface area (Å²) in [7, 11) is 1.32. The Bertz CT molecular complexity index is 601. The Kier molecular flexibility index (Phi) is 3.22. The van der Waals surface area contributed by atoms with Crippen molar-refractivity contribution in [1.82, 2.24) is 4.98 Å². The Morgan fingerprint density at radius 3 is 2.53 bits per heavy atom. The van der Waals surface area contributed by atoms with Crippen molar-refractivity contribution in [2.45, 2.75) is 33.1 Å². The molecule has 0 N–H and O–H groups in total. The largest absolute Gasteiger partial charge is 0.469 e. The highest BCUT2D eigenvalue weighted by atomic mass is 16.5. The van der Waals surface area contributed by atoms with Gasteiger partial charge in [-0.2, -0.15) is 0 Å². The van der Waals surface area contributed by atoms with Gasteiger partial charge in [-0.15, -0.1) is 0 Å². The van der Waals surface area contributed by atoms with Gasteiger partial charge in [0, 0.05) is 5.41 Å². The first-order chi connectivity index (χ1) is 8.82. The van der Waals surface area contributed by atoms with Crippen molar-refractivity contribution in [3.05, 3.63) is 29.5 Å². The molecule has 0 spiro atoms. The molecule has 2 heterocycles. The second-order valence-electron chi connectivity index (χ2n) is 5.38. The quantitative estimate of drug-likeness (QED) is 0.777. The van der Waals surface area contributed by atoms with Crippen LogP contribution in [0.2, 0.25) is 0 Å². The van der Waals surface area contributed by atoms with Crippen LogP contribution in [0.5, 0.6) is 0 Å². The molecule has 5 heteroatoms. The lowest BCUT2D eigenvalue weighted by atomic mass is 9.91. The van der Waals surface area contributed by atoms with E-state index in [0.717, 1.165) is 5.76 Å². The highest BCUT2D eigenvalue weighted by molar-refractivity contribution is 5.88. The molecule has 2 aromatic rings. The van der Waals surface area contributed by atoms with Crippen molar-refractivity contribution >= 4 is 5.97 Å². The molecule has 0 amide bonds. The van der Waals surface area contributed by atoms with Crippen LogP contribution in [-0.4, -0.2) is 18.1 Å². The number of hydrogen-bond acceptors (Lipinski definition) is 5. The van der Waals surface area contributed by atoms with Crippen molar-refractivity contribution in [3.8, 4) is 11.5 Å².